The van der Waals surface area contributed by atoms with Gasteiger partial charge >= 0.3 is 6.03 Å². The maximum absolute atomic E-state index is 12.1. The molecule has 0 saturated carbocycles. The second-order valence-corrected chi connectivity index (χ2v) is 5.18. The lowest BCUT2D eigenvalue weighted by molar-refractivity contribution is 0.203. The van der Waals surface area contributed by atoms with Gasteiger partial charge in [0.2, 0.25) is 0 Å². The lowest BCUT2D eigenvalue weighted by Crippen LogP contribution is -2.46. The quantitative estimate of drug-likeness (QED) is 0.786. The summed E-state index contributed by atoms with van der Waals surface area (Å²) >= 11 is 0. The number of amides is 2. The van der Waals surface area contributed by atoms with Crippen molar-refractivity contribution in [1.29, 1.82) is 0 Å². The van der Waals surface area contributed by atoms with Gasteiger partial charge in [0.05, 0.1) is 12.1 Å². The van der Waals surface area contributed by atoms with Crippen LogP contribution in [0, 0.1) is 0 Å². The highest BCUT2D eigenvalue weighted by Gasteiger charge is 2.31. The molecule has 4 nitrogen and oxygen atoms in total. The largest absolute Gasteiger partial charge is 0.333 e. The van der Waals surface area contributed by atoms with E-state index in [4.69, 9.17) is 5.73 Å². The van der Waals surface area contributed by atoms with Crippen molar-refractivity contribution in [3.05, 3.63) is 35.4 Å². The normalized spacial score (nSPS) is 26.2. The fraction of sp³-hybridized carbons (Fsp3) is 0.500. The standard InChI is InChI=1S/C14H19N3O/c15-13-11-6-2-1-5-10(11)9-12(13)16-14(18)17-7-3-4-8-17/h1-2,5-6,12-13H,3-4,7-9,15H2,(H,16,18)/t12-,13-/m1/s1. The maximum atomic E-state index is 12.1. The zero-order valence-electron chi connectivity index (χ0n) is 10.4. The Bertz CT molecular complexity index is 454. The number of benzene rings is 1. The van der Waals surface area contributed by atoms with Gasteiger partial charge in [0.15, 0.2) is 0 Å². The molecular formula is C14H19N3O. The van der Waals surface area contributed by atoms with Crippen molar-refractivity contribution in [3.63, 3.8) is 0 Å². The molecule has 2 atom stereocenters. The lowest BCUT2D eigenvalue weighted by Gasteiger charge is -2.22. The van der Waals surface area contributed by atoms with Crippen molar-refractivity contribution in [1.82, 2.24) is 10.2 Å². The monoisotopic (exact) mass is 245 g/mol. The van der Waals surface area contributed by atoms with E-state index in [0.717, 1.165) is 32.4 Å². The van der Waals surface area contributed by atoms with Crippen molar-refractivity contribution < 1.29 is 4.79 Å². The summed E-state index contributed by atoms with van der Waals surface area (Å²) in [5, 5.41) is 3.08. The van der Waals surface area contributed by atoms with E-state index >= 15 is 0 Å². The van der Waals surface area contributed by atoms with Crippen LogP contribution in [0.2, 0.25) is 0 Å². The van der Waals surface area contributed by atoms with Gasteiger partial charge in [-0.15, -0.1) is 0 Å². The number of nitrogens with zero attached hydrogens (tertiary/aromatic N) is 1. The van der Waals surface area contributed by atoms with Crippen molar-refractivity contribution in [3.8, 4) is 0 Å². The fourth-order valence-corrected chi connectivity index (χ4v) is 2.94. The number of carbonyl (C=O) groups is 1. The Labute approximate surface area is 107 Å². The highest BCUT2D eigenvalue weighted by atomic mass is 16.2. The molecule has 0 spiro atoms. The summed E-state index contributed by atoms with van der Waals surface area (Å²) in [6.07, 6.45) is 3.08. The molecule has 1 heterocycles. The number of carbonyl (C=O) groups excluding carboxylic acids is 1. The highest BCUT2D eigenvalue weighted by molar-refractivity contribution is 5.75. The topological polar surface area (TPSA) is 58.4 Å². The predicted octanol–water partition coefficient (Wildman–Crippen LogP) is 1.42. The molecule has 0 radical (unpaired) electrons. The molecule has 1 aliphatic carbocycles. The zero-order valence-corrected chi connectivity index (χ0v) is 10.4. The summed E-state index contributed by atoms with van der Waals surface area (Å²) in [5.41, 5.74) is 8.64. The summed E-state index contributed by atoms with van der Waals surface area (Å²) in [5.74, 6) is 0. The molecule has 1 aromatic carbocycles. The van der Waals surface area contributed by atoms with Crippen LogP contribution in [0.25, 0.3) is 0 Å². The van der Waals surface area contributed by atoms with Crippen LogP contribution in [0.5, 0.6) is 0 Å². The molecule has 18 heavy (non-hydrogen) atoms. The second kappa shape index (κ2) is 4.61. The van der Waals surface area contributed by atoms with E-state index in [2.05, 4.69) is 17.4 Å². The van der Waals surface area contributed by atoms with Gasteiger partial charge in [-0.1, -0.05) is 24.3 Å². The van der Waals surface area contributed by atoms with Crippen LogP contribution in [0.15, 0.2) is 24.3 Å². The molecule has 4 heteroatoms. The van der Waals surface area contributed by atoms with Gasteiger partial charge in [0.25, 0.3) is 0 Å². The zero-order chi connectivity index (χ0) is 12.5. The summed E-state index contributed by atoms with van der Waals surface area (Å²) in [6.45, 7) is 1.75. The molecular weight excluding hydrogens is 226 g/mol. The van der Waals surface area contributed by atoms with Gasteiger partial charge in [-0.25, -0.2) is 4.79 Å². The Balaban J connectivity index is 1.67. The minimum atomic E-state index is -0.0762. The average molecular weight is 245 g/mol. The van der Waals surface area contributed by atoms with Crippen LogP contribution in [0.4, 0.5) is 4.79 Å². The average Bonchev–Trinajstić information content (AvgIpc) is 3.00. The van der Waals surface area contributed by atoms with Crippen molar-refractivity contribution >= 4 is 6.03 Å². The third kappa shape index (κ3) is 1.97. The van der Waals surface area contributed by atoms with Crippen LogP contribution in [0.3, 0.4) is 0 Å². The van der Waals surface area contributed by atoms with E-state index in [-0.39, 0.29) is 18.1 Å². The molecule has 2 amide bonds. The smallest absolute Gasteiger partial charge is 0.317 e. The molecule has 1 fully saturated rings. The molecule has 0 unspecified atom stereocenters. The molecule has 0 bridgehead atoms. The Morgan fingerprint density at radius 3 is 2.72 bits per heavy atom. The minimum absolute atomic E-state index is 0.0375. The first-order chi connectivity index (χ1) is 8.75. The third-order valence-electron chi connectivity index (χ3n) is 3.99. The van der Waals surface area contributed by atoms with Gasteiger partial charge in [0, 0.05) is 13.1 Å². The van der Waals surface area contributed by atoms with E-state index in [9.17, 15) is 4.79 Å². The summed E-state index contributed by atoms with van der Waals surface area (Å²) in [4.78, 5) is 13.9. The number of nitrogens with one attached hydrogen (secondary N) is 1. The molecule has 96 valence electrons. The van der Waals surface area contributed by atoms with E-state index in [0.29, 0.717) is 0 Å². The molecule has 1 aliphatic heterocycles. The van der Waals surface area contributed by atoms with E-state index < -0.39 is 0 Å². The maximum Gasteiger partial charge on any atom is 0.317 e. The number of hydrogen-bond donors (Lipinski definition) is 2. The van der Waals surface area contributed by atoms with Crippen LogP contribution in [-0.4, -0.2) is 30.1 Å². The van der Waals surface area contributed by atoms with Gasteiger partial charge in [-0.2, -0.15) is 0 Å². The Hall–Kier alpha value is -1.55. The van der Waals surface area contributed by atoms with E-state index in [1.807, 2.05) is 17.0 Å². The Morgan fingerprint density at radius 1 is 1.28 bits per heavy atom. The molecule has 3 rings (SSSR count). The SMILES string of the molecule is N[C@@H]1c2ccccc2C[C@H]1NC(=O)N1CCCC1. The van der Waals surface area contributed by atoms with Gasteiger partial charge in [0.1, 0.15) is 0 Å². The van der Waals surface area contributed by atoms with Gasteiger partial charge in [-0.05, 0) is 30.4 Å². The van der Waals surface area contributed by atoms with Crippen LogP contribution >= 0.6 is 0 Å². The summed E-state index contributed by atoms with van der Waals surface area (Å²) in [7, 11) is 0. The van der Waals surface area contributed by atoms with E-state index in [1.54, 1.807) is 0 Å². The minimum Gasteiger partial charge on any atom is -0.333 e. The van der Waals surface area contributed by atoms with Gasteiger partial charge < -0.3 is 16.0 Å². The number of rotatable bonds is 1. The first kappa shape index (κ1) is 11.5. The summed E-state index contributed by atoms with van der Waals surface area (Å²) in [6, 6.07) is 8.18. The van der Waals surface area contributed by atoms with E-state index in [1.165, 1.54) is 11.1 Å². The third-order valence-corrected chi connectivity index (χ3v) is 3.99. The first-order valence-electron chi connectivity index (χ1n) is 6.64. The number of hydrogen-bond acceptors (Lipinski definition) is 2. The van der Waals surface area contributed by atoms with Crippen molar-refractivity contribution in [2.45, 2.75) is 31.3 Å². The van der Waals surface area contributed by atoms with Gasteiger partial charge in [-0.3, -0.25) is 0 Å². The predicted molar refractivity (Wildman–Crippen MR) is 70.2 cm³/mol. The number of urea groups is 1. The number of nitrogens with two attached hydrogens (primary N) is 1. The van der Waals surface area contributed by atoms with Crippen molar-refractivity contribution in [2.24, 2.45) is 5.73 Å². The fourth-order valence-electron chi connectivity index (χ4n) is 2.94. The van der Waals surface area contributed by atoms with Crippen molar-refractivity contribution in [2.75, 3.05) is 13.1 Å². The number of fused-ring (bicyclic) bond motifs is 1. The van der Waals surface area contributed by atoms with Crippen LogP contribution < -0.4 is 11.1 Å². The second-order valence-electron chi connectivity index (χ2n) is 5.18. The highest BCUT2D eigenvalue weighted by Crippen LogP contribution is 2.29. The summed E-state index contributed by atoms with van der Waals surface area (Å²) < 4.78 is 0. The molecule has 1 aromatic rings. The Morgan fingerprint density at radius 2 is 2.00 bits per heavy atom. The van der Waals surface area contributed by atoms with Crippen LogP contribution in [0.1, 0.15) is 30.0 Å². The molecule has 3 N–H and O–H groups in total. The number of likely N-dealkylation sites (tertiary alicyclic amines) is 1. The Kier molecular flexibility index (Phi) is 2.96. The first-order valence-corrected chi connectivity index (χ1v) is 6.64. The molecule has 1 saturated heterocycles. The van der Waals surface area contributed by atoms with Crippen LogP contribution in [-0.2, 0) is 6.42 Å². The molecule has 0 aromatic heterocycles. The lowest BCUT2D eigenvalue weighted by atomic mass is 10.1. The molecule has 2 aliphatic rings.